The zero-order valence-corrected chi connectivity index (χ0v) is 12.4. The summed E-state index contributed by atoms with van der Waals surface area (Å²) in [5.74, 6) is -0.0333. The molecule has 4 nitrogen and oxygen atoms in total. The number of hydrogen-bond donors (Lipinski definition) is 1. The Hall–Kier alpha value is -1.85. The number of fused-ring (bicyclic) bond motifs is 3. The highest BCUT2D eigenvalue weighted by atomic mass is 32.1. The predicted octanol–water partition coefficient (Wildman–Crippen LogP) is 3.06. The summed E-state index contributed by atoms with van der Waals surface area (Å²) in [5.41, 5.74) is 1.78. The van der Waals surface area contributed by atoms with E-state index in [2.05, 4.69) is 17.4 Å². The third-order valence-corrected chi connectivity index (χ3v) is 5.01. The molecule has 1 N–H and O–H groups in total. The normalized spacial score (nSPS) is 18.6. The molecule has 3 aromatic rings. The number of nitrogens with zero attached hydrogens (tertiary/aromatic N) is 1. The average molecular weight is 300 g/mol. The minimum Gasteiger partial charge on any atom is -0.376 e. The summed E-state index contributed by atoms with van der Waals surface area (Å²) in [5, 5.41) is 2.99. The van der Waals surface area contributed by atoms with Crippen molar-refractivity contribution in [1.82, 2.24) is 9.72 Å². The van der Waals surface area contributed by atoms with Crippen molar-refractivity contribution in [3.05, 3.63) is 42.1 Å². The van der Waals surface area contributed by atoms with Gasteiger partial charge in [-0.05, 0) is 37.1 Å². The van der Waals surface area contributed by atoms with Crippen LogP contribution in [0, 0.1) is 0 Å². The van der Waals surface area contributed by atoms with Gasteiger partial charge in [-0.15, -0.1) is 11.3 Å². The predicted molar refractivity (Wildman–Crippen MR) is 84.1 cm³/mol. The first kappa shape index (κ1) is 12.9. The summed E-state index contributed by atoms with van der Waals surface area (Å²) >= 11 is 1.70. The maximum absolute atomic E-state index is 12.4. The minimum absolute atomic E-state index is 0.0333. The van der Waals surface area contributed by atoms with Gasteiger partial charge in [0.25, 0.3) is 5.91 Å². The number of nitrogens with one attached hydrogen (secondary N) is 1. The fraction of sp³-hybridized carbons (Fsp3) is 0.312. The van der Waals surface area contributed by atoms with Gasteiger partial charge >= 0.3 is 0 Å². The Morgan fingerprint density at radius 2 is 2.24 bits per heavy atom. The van der Waals surface area contributed by atoms with Crippen molar-refractivity contribution in [2.45, 2.75) is 18.9 Å². The smallest absolute Gasteiger partial charge is 0.268 e. The maximum atomic E-state index is 12.4. The Bertz CT molecular complexity index is 799. The lowest BCUT2D eigenvalue weighted by Crippen LogP contribution is -2.32. The fourth-order valence-corrected chi connectivity index (χ4v) is 3.93. The first-order valence-electron chi connectivity index (χ1n) is 7.22. The number of ether oxygens (including phenoxy) is 1. The molecule has 1 aliphatic rings. The van der Waals surface area contributed by atoms with E-state index >= 15 is 0 Å². The second-order valence-corrected chi connectivity index (χ2v) is 6.37. The van der Waals surface area contributed by atoms with Crippen molar-refractivity contribution in [3.8, 4) is 0 Å². The highest BCUT2D eigenvalue weighted by Crippen LogP contribution is 2.28. The van der Waals surface area contributed by atoms with Gasteiger partial charge in [-0.2, -0.15) is 0 Å². The molecule has 108 valence electrons. The van der Waals surface area contributed by atoms with Gasteiger partial charge in [-0.25, -0.2) is 0 Å². The van der Waals surface area contributed by atoms with Crippen LogP contribution in [0.1, 0.15) is 23.3 Å². The molecule has 21 heavy (non-hydrogen) atoms. The molecule has 0 aliphatic carbocycles. The second kappa shape index (κ2) is 5.16. The molecule has 1 saturated heterocycles. The van der Waals surface area contributed by atoms with Crippen molar-refractivity contribution in [1.29, 1.82) is 0 Å². The van der Waals surface area contributed by atoms with Crippen LogP contribution < -0.4 is 5.32 Å². The Balaban J connectivity index is 1.64. The summed E-state index contributed by atoms with van der Waals surface area (Å²) in [6, 6.07) is 12.1. The van der Waals surface area contributed by atoms with Gasteiger partial charge in [0.2, 0.25) is 0 Å². The quantitative estimate of drug-likeness (QED) is 0.808. The molecule has 0 spiro atoms. The molecular weight excluding hydrogens is 284 g/mol. The van der Waals surface area contributed by atoms with Crippen molar-refractivity contribution < 1.29 is 9.53 Å². The van der Waals surface area contributed by atoms with Gasteiger partial charge in [0.1, 0.15) is 10.5 Å². The first-order chi connectivity index (χ1) is 10.3. The van der Waals surface area contributed by atoms with Crippen molar-refractivity contribution in [2.75, 3.05) is 13.2 Å². The number of amides is 1. The number of benzene rings is 1. The zero-order valence-electron chi connectivity index (χ0n) is 11.5. The Morgan fingerprint density at radius 3 is 3.10 bits per heavy atom. The molecule has 5 heteroatoms. The Labute approximate surface area is 126 Å². The molecule has 3 heterocycles. The Morgan fingerprint density at radius 1 is 1.33 bits per heavy atom. The summed E-state index contributed by atoms with van der Waals surface area (Å²) < 4.78 is 8.77. The highest BCUT2D eigenvalue weighted by Gasteiger charge is 2.19. The summed E-state index contributed by atoms with van der Waals surface area (Å²) in [4.78, 5) is 13.5. The van der Waals surface area contributed by atoms with E-state index in [0.717, 1.165) is 29.8 Å². The third-order valence-electron chi connectivity index (χ3n) is 3.91. The number of carbonyl (C=O) groups excluding carboxylic acids is 1. The van der Waals surface area contributed by atoms with E-state index < -0.39 is 0 Å². The summed E-state index contributed by atoms with van der Waals surface area (Å²) in [6.07, 6.45) is 2.29. The van der Waals surface area contributed by atoms with E-state index in [4.69, 9.17) is 4.74 Å². The highest BCUT2D eigenvalue weighted by molar-refractivity contribution is 7.24. The van der Waals surface area contributed by atoms with Crippen LogP contribution in [0.25, 0.3) is 15.0 Å². The van der Waals surface area contributed by atoms with E-state index in [1.165, 1.54) is 4.70 Å². The number of thiazole rings is 1. The lowest BCUT2D eigenvalue weighted by molar-refractivity contribution is 0.0853. The van der Waals surface area contributed by atoms with Crippen molar-refractivity contribution in [2.24, 2.45) is 0 Å². The number of aromatic nitrogens is 1. The number of hydrogen-bond acceptors (Lipinski definition) is 3. The van der Waals surface area contributed by atoms with Crippen LogP contribution in [0.2, 0.25) is 0 Å². The maximum Gasteiger partial charge on any atom is 0.268 e. The van der Waals surface area contributed by atoms with Crippen LogP contribution in [-0.2, 0) is 4.74 Å². The molecule has 1 fully saturated rings. The van der Waals surface area contributed by atoms with Gasteiger partial charge in [-0.1, -0.05) is 12.1 Å². The first-order valence-corrected chi connectivity index (χ1v) is 8.03. The van der Waals surface area contributed by atoms with Gasteiger partial charge < -0.3 is 10.1 Å². The zero-order chi connectivity index (χ0) is 14.2. The van der Waals surface area contributed by atoms with E-state index in [-0.39, 0.29) is 12.0 Å². The van der Waals surface area contributed by atoms with E-state index in [9.17, 15) is 4.79 Å². The monoisotopic (exact) mass is 300 g/mol. The molecule has 1 atom stereocenters. The van der Waals surface area contributed by atoms with Crippen LogP contribution in [0.4, 0.5) is 0 Å². The van der Waals surface area contributed by atoms with E-state index in [0.29, 0.717) is 12.2 Å². The van der Waals surface area contributed by atoms with Crippen LogP contribution in [0.5, 0.6) is 0 Å². The van der Waals surface area contributed by atoms with Crippen LogP contribution in [0.3, 0.4) is 0 Å². The SMILES string of the molecule is O=C(NCC1CCCO1)c1ccc2sc3ccccc3n12. The topological polar surface area (TPSA) is 42.7 Å². The van der Waals surface area contributed by atoms with Gasteiger partial charge in [0.15, 0.2) is 0 Å². The molecule has 4 rings (SSSR count). The molecule has 2 aromatic heterocycles. The largest absolute Gasteiger partial charge is 0.376 e. The molecule has 0 radical (unpaired) electrons. The lowest BCUT2D eigenvalue weighted by Gasteiger charge is -2.10. The summed E-state index contributed by atoms with van der Waals surface area (Å²) in [7, 11) is 0. The molecule has 0 saturated carbocycles. The van der Waals surface area contributed by atoms with Crippen molar-refractivity contribution in [3.63, 3.8) is 0 Å². The van der Waals surface area contributed by atoms with E-state index in [1.807, 2.05) is 28.7 Å². The van der Waals surface area contributed by atoms with E-state index in [1.54, 1.807) is 11.3 Å². The molecule has 1 aliphatic heterocycles. The average Bonchev–Trinajstić information content (AvgIpc) is 3.20. The third kappa shape index (κ3) is 2.22. The van der Waals surface area contributed by atoms with Crippen LogP contribution in [0.15, 0.2) is 36.4 Å². The van der Waals surface area contributed by atoms with Crippen molar-refractivity contribution >= 4 is 32.3 Å². The molecule has 1 unspecified atom stereocenters. The minimum atomic E-state index is -0.0333. The van der Waals surface area contributed by atoms with Crippen LogP contribution in [-0.4, -0.2) is 29.6 Å². The molecular formula is C16H16N2O2S. The molecule has 0 bridgehead atoms. The lowest BCUT2D eigenvalue weighted by atomic mass is 10.2. The van der Waals surface area contributed by atoms with Gasteiger partial charge in [0, 0.05) is 13.2 Å². The number of rotatable bonds is 3. The fourth-order valence-electron chi connectivity index (χ4n) is 2.87. The molecule has 1 amide bonds. The standard InChI is InChI=1S/C16H16N2O2S/c19-16(17-10-11-4-3-9-20-11)13-7-8-15-18(13)12-5-1-2-6-14(12)21-15/h1-2,5-8,11H,3-4,9-10H2,(H,17,19). The summed E-state index contributed by atoms with van der Waals surface area (Å²) in [6.45, 7) is 1.40. The number of para-hydroxylation sites is 1. The Kier molecular flexibility index (Phi) is 3.16. The second-order valence-electron chi connectivity index (χ2n) is 5.31. The van der Waals surface area contributed by atoms with Gasteiger partial charge in [0.05, 0.1) is 16.3 Å². The molecule has 1 aromatic carbocycles. The van der Waals surface area contributed by atoms with Gasteiger partial charge in [-0.3, -0.25) is 9.20 Å². The van der Waals surface area contributed by atoms with Crippen LogP contribution >= 0.6 is 11.3 Å². The number of carbonyl (C=O) groups is 1.